The van der Waals surface area contributed by atoms with Gasteiger partial charge >= 0.3 is 0 Å². The largest absolute Gasteiger partial charge is 0.375 e. The first-order valence-electron chi connectivity index (χ1n) is 7.68. The molecule has 0 atom stereocenters. The Morgan fingerprint density at radius 1 is 0.958 bits per heavy atom. The number of aryl methyl sites for hydroxylation is 3. The molecule has 0 aromatic heterocycles. The minimum absolute atomic E-state index is 0.00459. The van der Waals surface area contributed by atoms with Crippen molar-refractivity contribution < 1.29 is 14.3 Å². The van der Waals surface area contributed by atoms with Crippen LogP contribution in [0.2, 0.25) is 0 Å². The van der Waals surface area contributed by atoms with Crippen molar-refractivity contribution >= 4 is 23.2 Å². The molecular formula is C19H22N2O3. The Labute approximate surface area is 142 Å². The minimum atomic E-state index is -0.215. The highest BCUT2D eigenvalue weighted by Gasteiger charge is 2.11. The molecule has 0 bridgehead atoms. The molecule has 0 unspecified atom stereocenters. The highest BCUT2D eigenvalue weighted by atomic mass is 16.5. The molecule has 5 nitrogen and oxygen atoms in total. The van der Waals surface area contributed by atoms with Crippen molar-refractivity contribution in [2.24, 2.45) is 0 Å². The van der Waals surface area contributed by atoms with Gasteiger partial charge in [-0.05, 0) is 56.2 Å². The van der Waals surface area contributed by atoms with Gasteiger partial charge < -0.3 is 15.4 Å². The van der Waals surface area contributed by atoms with E-state index < -0.39 is 0 Å². The number of hydrogen-bond acceptors (Lipinski definition) is 3. The number of carbonyl (C=O) groups is 2. The Hall–Kier alpha value is -2.66. The molecule has 2 aromatic carbocycles. The summed E-state index contributed by atoms with van der Waals surface area (Å²) in [7, 11) is 1.47. The van der Waals surface area contributed by atoms with Crippen LogP contribution in [0.5, 0.6) is 0 Å². The number of ether oxygens (including phenoxy) is 1. The Balaban J connectivity index is 2.11. The molecule has 2 aromatic rings. The monoisotopic (exact) mass is 326 g/mol. The smallest absolute Gasteiger partial charge is 0.255 e. The van der Waals surface area contributed by atoms with Gasteiger partial charge in [-0.2, -0.15) is 0 Å². The second kappa shape index (κ2) is 7.75. The fourth-order valence-electron chi connectivity index (χ4n) is 2.47. The van der Waals surface area contributed by atoms with E-state index in [9.17, 15) is 9.59 Å². The van der Waals surface area contributed by atoms with Crippen molar-refractivity contribution in [3.05, 3.63) is 58.7 Å². The molecule has 2 amide bonds. The lowest BCUT2D eigenvalue weighted by Crippen LogP contribution is -2.18. The summed E-state index contributed by atoms with van der Waals surface area (Å²) in [5.41, 5.74) is 4.95. The van der Waals surface area contributed by atoms with Gasteiger partial charge in [0.1, 0.15) is 6.61 Å². The molecule has 0 radical (unpaired) electrons. The van der Waals surface area contributed by atoms with Crippen molar-refractivity contribution in [2.75, 3.05) is 24.4 Å². The van der Waals surface area contributed by atoms with Crippen molar-refractivity contribution in [1.29, 1.82) is 0 Å². The van der Waals surface area contributed by atoms with Gasteiger partial charge in [-0.15, -0.1) is 0 Å². The third kappa shape index (κ3) is 4.43. The number of nitrogens with one attached hydrogen (secondary N) is 2. The van der Waals surface area contributed by atoms with E-state index in [1.54, 1.807) is 12.1 Å². The molecule has 0 saturated heterocycles. The summed E-state index contributed by atoms with van der Waals surface area (Å²) in [6.45, 7) is 5.79. The van der Waals surface area contributed by atoms with E-state index >= 15 is 0 Å². The average Bonchev–Trinajstić information content (AvgIpc) is 2.50. The molecular weight excluding hydrogens is 304 g/mol. The highest BCUT2D eigenvalue weighted by Crippen LogP contribution is 2.21. The molecule has 0 aliphatic heterocycles. The van der Waals surface area contributed by atoms with E-state index in [4.69, 9.17) is 4.74 Å². The maximum Gasteiger partial charge on any atom is 0.255 e. The molecule has 2 N–H and O–H groups in total. The molecule has 0 aliphatic rings. The van der Waals surface area contributed by atoms with Crippen LogP contribution in [0.25, 0.3) is 0 Å². The van der Waals surface area contributed by atoms with Gasteiger partial charge in [-0.25, -0.2) is 0 Å². The van der Waals surface area contributed by atoms with Crippen LogP contribution in [0.4, 0.5) is 11.4 Å². The second-order valence-electron chi connectivity index (χ2n) is 5.78. The van der Waals surface area contributed by atoms with Crippen LogP contribution in [-0.2, 0) is 9.53 Å². The summed E-state index contributed by atoms with van der Waals surface area (Å²) in [4.78, 5) is 24.0. The Morgan fingerprint density at radius 3 is 2.33 bits per heavy atom. The van der Waals surface area contributed by atoms with Gasteiger partial charge in [0.25, 0.3) is 5.91 Å². The van der Waals surface area contributed by atoms with Crippen LogP contribution >= 0.6 is 0 Å². The lowest BCUT2D eigenvalue weighted by atomic mass is 10.0. The van der Waals surface area contributed by atoms with Gasteiger partial charge in [-0.3, -0.25) is 9.59 Å². The molecule has 0 fully saturated rings. The van der Waals surface area contributed by atoms with Gasteiger partial charge in [0.2, 0.25) is 5.91 Å². The van der Waals surface area contributed by atoms with Gasteiger partial charge in [-0.1, -0.05) is 17.7 Å². The highest BCUT2D eigenvalue weighted by molar-refractivity contribution is 6.05. The first-order valence-corrected chi connectivity index (χ1v) is 7.68. The molecule has 0 aliphatic carbocycles. The SMILES string of the molecule is COCC(=O)Nc1ccc(NC(=O)c2ccc(C)cc2C)cc1C. The number of rotatable bonds is 5. The topological polar surface area (TPSA) is 67.4 Å². The third-order valence-electron chi connectivity index (χ3n) is 3.66. The maximum atomic E-state index is 12.4. The number of anilines is 2. The summed E-state index contributed by atoms with van der Waals surface area (Å²) in [5, 5.41) is 5.65. The quantitative estimate of drug-likeness (QED) is 0.884. The van der Waals surface area contributed by atoms with E-state index in [0.29, 0.717) is 16.9 Å². The minimum Gasteiger partial charge on any atom is -0.375 e. The molecule has 126 valence electrons. The van der Waals surface area contributed by atoms with Crippen molar-refractivity contribution in [1.82, 2.24) is 0 Å². The summed E-state index contributed by atoms with van der Waals surface area (Å²) in [6, 6.07) is 11.1. The normalized spacial score (nSPS) is 10.3. The van der Waals surface area contributed by atoms with E-state index in [-0.39, 0.29) is 18.4 Å². The molecule has 0 saturated carbocycles. The summed E-state index contributed by atoms with van der Waals surface area (Å²) < 4.78 is 4.79. The summed E-state index contributed by atoms with van der Waals surface area (Å²) in [6.07, 6.45) is 0. The van der Waals surface area contributed by atoms with E-state index in [1.165, 1.54) is 7.11 Å². The Morgan fingerprint density at radius 2 is 1.71 bits per heavy atom. The standard InChI is InChI=1S/C19H22N2O3/c1-12-5-7-16(13(2)9-12)19(23)20-15-6-8-17(14(3)10-15)21-18(22)11-24-4/h5-10H,11H2,1-4H3,(H,20,23)(H,21,22). The maximum absolute atomic E-state index is 12.4. The van der Waals surface area contributed by atoms with Crippen LogP contribution in [0.1, 0.15) is 27.0 Å². The van der Waals surface area contributed by atoms with Crippen LogP contribution in [0.3, 0.4) is 0 Å². The number of amides is 2. The molecule has 0 heterocycles. The predicted octanol–water partition coefficient (Wildman–Crippen LogP) is 3.45. The average molecular weight is 326 g/mol. The zero-order valence-corrected chi connectivity index (χ0v) is 14.4. The fraction of sp³-hybridized carbons (Fsp3) is 0.263. The first-order chi connectivity index (χ1) is 11.4. The number of benzene rings is 2. The number of carbonyl (C=O) groups excluding carboxylic acids is 2. The predicted molar refractivity (Wildman–Crippen MR) is 95.6 cm³/mol. The van der Waals surface area contributed by atoms with Crippen LogP contribution in [0.15, 0.2) is 36.4 Å². The van der Waals surface area contributed by atoms with Crippen LogP contribution in [0, 0.1) is 20.8 Å². The lowest BCUT2D eigenvalue weighted by molar-refractivity contribution is -0.119. The molecule has 2 rings (SSSR count). The van der Waals surface area contributed by atoms with E-state index in [0.717, 1.165) is 16.7 Å². The van der Waals surface area contributed by atoms with E-state index in [1.807, 2.05) is 45.0 Å². The third-order valence-corrected chi connectivity index (χ3v) is 3.66. The van der Waals surface area contributed by atoms with Crippen molar-refractivity contribution in [3.63, 3.8) is 0 Å². The van der Waals surface area contributed by atoms with E-state index in [2.05, 4.69) is 10.6 Å². The Bertz CT molecular complexity index is 769. The molecule has 5 heteroatoms. The van der Waals surface area contributed by atoms with Crippen LogP contribution < -0.4 is 10.6 Å². The molecule has 24 heavy (non-hydrogen) atoms. The van der Waals surface area contributed by atoms with Gasteiger partial charge in [0, 0.05) is 24.0 Å². The summed E-state index contributed by atoms with van der Waals surface area (Å²) >= 11 is 0. The zero-order chi connectivity index (χ0) is 17.7. The molecule has 0 spiro atoms. The number of hydrogen-bond donors (Lipinski definition) is 2. The van der Waals surface area contributed by atoms with Gasteiger partial charge in [0.15, 0.2) is 0 Å². The number of methoxy groups -OCH3 is 1. The van der Waals surface area contributed by atoms with Gasteiger partial charge in [0.05, 0.1) is 0 Å². The van der Waals surface area contributed by atoms with Crippen molar-refractivity contribution in [3.8, 4) is 0 Å². The van der Waals surface area contributed by atoms with Crippen LogP contribution in [-0.4, -0.2) is 25.5 Å². The second-order valence-corrected chi connectivity index (χ2v) is 5.78. The summed E-state index contributed by atoms with van der Waals surface area (Å²) in [5.74, 6) is -0.365. The fourth-order valence-corrected chi connectivity index (χ4v) is 2.47. The Kier molecular flexibility index (Phi) is 5.71. The lowest BCUT2D eigenvalue weighted by Gasteiger charge is -2.12. The zero-order valence-electron chi connectivity index (χ0n) is 14.4. The first kappa shape index (κ1) is 17.7. The van der Waals surface area contributed by atoms with Crippen molar-refractivity contribution in [2.45, 2.75) is 20.8 Å².